The van der Waals surface area contributed by atoms with Crippen molar-refractivity contribution in [3.63, 3.8) is 0 Å². The molecule has 0 saturated heterocycles. The summed E-state index contributed by atoms with van der Waals surface area (Å²) in [4.78, 5) is 76.9. The van der Waals surface area contributed by atoms with E-state index in [4.69, 9.17) is 67.8 Å². The van der Waals surface area contributed by atoms with Crippen LogP contribution in [-0.4, -0.2) is 17.7 Å². The summed E-state index contributed by atoms with van der Waals surface area (Å²) in [7, 11) is -16.2. The minimum atomic E-state index is -5.39. The molecule has 0 aromatic heterocycles. The molecule has 0 aromatic rings. The summed E-state index contributed by atoms with van der Waals surface area (Å²) in [6, 6.07) is 0. The van der Waals surface area contributed by atoms with Gasteiger partial charge in [-0.15, -0.1) is 0 Å². The Bertz CT molecular complexity index is 216. The topological polar surface area (TPSA) is 299 Å². The molecule has 0 heterocycles. The maximum atomic E-state index is 8.55. The van der Waals surface area contributed by atoms with E-state index >= 15 is 0 Å². The fourth-order valence-electron chi connectivity index (χ4n) is 0. The van der Waals surface area contributed by atoms with Crippen LogP contribution in [0.5, 0.6) is 0 Å². The second-order valence-electron chi connectivity index (χ2n) is 1.46. The van der Waals surface area contributed by atoms with Crippen LogP contribution in [0, 0.1) is 0 Å². The van der Waals surface area contributed by atoms with Crippen LogP contribution in [-0.2, 0) is 13.7 Å². The summed E-state index contributed by atoms with van der Waals surface area (Å²) in [6.07, 6.45) is 0. The first-order chi connectivity index (χ1) is 7.41. The number of rotatable bonds is 0. The first-order valence-electron chi connectivity index (χ1n) is 2.71. The molecule has 1 radical (unpaired) electrons. The Morgan fingerprint density at radius 1 is 0.556 bits per heavy atom. The van der Waals surface area contributed by atoms with E-state index in [2.05, 4.69) is 0 Å². The van der Waals surface area contributed by atoms with Crippen molar-refractivity contribution in [1.29, 1.82) is 0 Å². The van der Waals surface area contributed by atoms with Crippen LogP contribution >= 0.6 is 23.5 Å². The van der Waals surface area contributed by atoms with E-state index in [1.165, 1.54) is 0 Å². The van der Waals surface area contributed by atoms with Gasteiger partial charge >= 0.3 is 7.69 Å². The number of hydrogen-bond acceptors (Lipinski definition) is 14. The zero-order valence-electron chi connectivity index (χ0n) is 7.71. The minimum absolute atomic E-state index is 0. The van der Waals surface area contributed by atoms with Crippen molar-refractivity contribution in [2.75, 3.05) is 0 Å². The molecule has 14 nitrogen and oxygen atoms in total. The van der Waals surface area contributed by atoms with Crippen LogP contribution < -0.4 is 44.0 Å². The van der Waals surface area contributed by atoms with Crippen molar-refractivity contribution < 1.29 is 67.8 Å². The van der Waals surface area contributed by atoms with Crippen LogP contribution in [0.1, 0.15) is 0 Å². The van der Waals surface area contributed by atoms with Gasteiger partial charge in [0.2, 0.25) is 0 Å². The van der Waals surface area contributed by atoms with E-state index in [1.807, 2.05) is 0 Å². The van der Waals surface area contributed by atoms with Gasteiger partial charge in [-0.1, -0.05) is 0 Å². The van der Waals surface area contributed by atoms with Crippen LogP contribution in [0.2, 0.25) is 0 Å². The molecule has 0 aliphatic carbocycles. The quantitative estimate of drug-likeness (QED) is 0.307. The predicted octanol–water partition coefficient (Wildman–Crippen LogP) is -9.97. The van der Waals surface area contributed by atoms with Gasteiger partial charge in [-0.25, -0.2) is 0 Å². The van der Waals surface area contributed by atoms with Crippen LogP contribution in [0.3, 0.4) is 0 Å². The second kappa shape index (κ2) is 12.4. The molecule has 2 N–H and O–H groups in total. The van der Waals surface area contributed by atoms with Crippen molar-refractivity contribution in [1.82, 2.24) is 0 Å². The third kappa shape index (κ3) is 38600. The number of phosphoric acid groups is 3. The van der Waals surface area contributed by atoms with Gasteiger partial charge in [0.05, 0.1) is 0 Å². The van der Waals surface area contributed by atoms with E-state index in [1.54, 1.807) is 0 Å². The lowest BCUT2D eigenvalue weighted by atomic mass is 10.5. The number of hydrogen-bond donors (Lipinski definition) is 2. The van der Waals surface area contributed by atoms with E-state index in [0.717, 1.165) is 0 Å². The van der Waals surface area contributed by atoms with Gasteiger partial charge in [-0.05, 0) is 0 Å². The largest absolute Gasteiger partial charge is 0.822 e. The van der Waals surface area contributed by atoms with Gasteiger partial charge in [0.15, 0.2) is 0 Å². The molecule has 0 unspecified atom stereocenters. The van der Waals surface area contributed by atoms with Crippen LogP contribution in [0.25, 0.3) is 0 Å². The van der Waals surface area contributed by atoms with E-state index in [0.29, 0.717) is 0 Å². The molecule has 0 amide bonds. The molecule has 0 atom stereocenters. The lowest BCUT2D eigenvalue weighted by molar-refractivity contribution is -0.434. The summed E-state index contributed by atoms with van der Waals surface area (Å²) < 4.78 is 25.6. The normalized spacial score (nSPS) is 10.6. The van der Waals surface area contributed by atoms with E-state index in [9.17, 15) is 0 Å². The van der Waals surface area contributed by atoms with Gasteiger partial charge in [0.25, 0.3) is 0 Å². The van der Waals surface area contributed by atoms with Gasteiger partial charge in [-0.3, -0.25) is 0 Å². The molecule has 18 heavy (non-hydrogen) atoms. The molecule has 0 aliphatic heterocycles. The molecule has 0 bridgehead atoms. The molecule has 113 valence electrons. The van der Waals surface area contributed by atoms with Crippen molar-refractivity contribution in [3.05, 3.63) is 0 Å². The summed E-state index contributed by atoms with van der Waals surface area (Å²) in [5.74, 6) is 0. The summed E-state index contributed by atoms with van der Waals surface area (Å²) in [5, 5.41) is 14.0. The first kappa shape index (κ1) is 26.8. The second-order valence-corrected chi connectivity index (χ2v) is 4.14. The SMILES string of the molecule is O=P([O-])([O-])[O-].O=P([O-])([O-])[O-].O=P([O-])([O-])[O-].O[B]O. The summed E-state index contributed by atoms with van der Waals surface area (Å²) >= 11 is 0. The third-order valence-electron chi connectivity index (χ3n) is 0. The van der Waals surface area contributed by atoms with Crippen molar-refractivity contribution >= 4 is 31.2 Å². The average Bonchev–Trinajstić information content (AvgIpc) is 1.71. The van der Waals surface area contributed by atoms with Gasteiger partial charge in [-0.2, -0.15) is 23.5 Å². The lowest BCUT2D eigenvalue weighted by Gasteiger charge is -2.36. The average molecular weight is 330 g/mol. The fourth-order valence-corrected chi connectivity index (χ4v) is 0. The van der Waals surface area contributed by atoms with E-state index < -0.39 is 23.5 Å². The molecule has 0 aromatic carbocycles. The van der Waals surface area contributed by atoms with Crippen LogP contribution in [0.15, 0.2) is 0 Å². The highest BCUT2D eigenvalue weighted by Gasteiger charge is 1.51. The molecule has 0 spiro atoms. The molecular weight excluding hydrogens is 328 g/mol. The van der Waals surface area contributed by atoms with Crippen molar-refractivity contribution in [2.45, 2.75) is 0 Å². The monoisotopic (exact) mass is 330 g/mol. The molecule has 0 rings (SSSR count). The Balaban J connectivity index is -0.0000000739. The minimum Gasteiger partial charge on any atom is -0.822 e. The fraction of sp³-hybridized carbons (Fsp3) is 0. The zero-order chi connectivity index (χ0) is 16.2. The van der Waals surface area contributed by atoms with Crippen molar-refractivity contribution in [2.24, 2.45) is 0 Å². The highest BCUT2D eigenvalue weighted by molar-refractivity contribution is 7.40. The Morgan fingerprint density at radius 2 is 0.556 bits per heavy atom. The van der Waals surface area contributed by atoms with Crippen molar-refractivity contribution in [3.8, 4) is 0 Å². The van der Waals surface area contributed by atoms with E-state index in [-0.39, 0.29) is 7.69 Å². The smallest absolute Gasteiger partial charge is 0.482 e. The highest BCUT2D eigenvalue weighted by Crippen LogP contribution is 2.04. The zero-order valence-corrected chi connectivity index (χ0v) is 10.4. The van der Waals surface area contributed by atoms with Crippen LogP contribution in [0.4, 0.5) is 0 Å². The first-order valence-corrected chi connectivity index (χ1v) is 7.09. The standard InChI is InChI=1S/BH2O2.3H3O4P/c2-1-3;3*1-5(2,3)4/h2-3H;3*(H3,1,2,3,4)/p-9. The van der Waals surface area contributed by atoms with Gasteiger partial charge in [0, 0.05) is 0 Å². The predicted molar refractivity (Wildman–Crippen MR) is 33.0 cm³/mol. The lowest BCUT2D eigenvalue weighted by Crippen LogP contribution is -2.24. The maximum Gasteiger partial charge on any atom is 0.482 e. The summed E-state index contributed by atoms with van der Waals surface area (Å²) in [6.45, 7) is 0. The Hall–Kier alpha value is 0.315. The maximum absolute atomic E-state index is 8.55. The van der Waals surface area contributed by atoms with Gasteiger partial charge < -0.3 is 67.8 Å². The molecular formula is H2BO14P3-9. The summed E-state index contributed by atoms with van der Waals surface area (Å²) in [5.41, 5.74) is 0. The Labute approximate surface area is 99.8 Å². The molecule has 0 aliphatic rings. The molecule has 18 heteroatoms. The van der Waals surface area contributed by atoms with Gasteiger partial charge in [0.1, 0.15) is 0 Å². The molecule has 0 saturated carbocycles. The Kier molecular flexibility index (Phi) is 18.4. The highest BCUT2D eigenvalue weighted by atomic mass is 31.2. The molecule has 0 fully saturated rings. The third-order valence-corrected chi connectivity index (χ3v) is 0. The Morgan fingerprint density at radius 3 is 0.556 bits per heavy atom.